The van der Waals surface area contributed by atoms with Crippen molar-refractivity contribution in [1.82, 2.24) is 9.99 Å². The monoisotopic (exact) mass is 403 g/mol. The number of unbranched alkanes of at least 4 members (excludes halogenated alkanes) is 1. The van der Waals surface area contributed by atoms with Crippen LogP contribution in [0.2, 0.25) is 0 Å². The smallest absolute Gasteiger partial charge is 0.243 e. The summed E-state index contributed by atoms with van der Waals surface area (Å²) in [7, 11) is 1.65. The number of alkyl halides is 1. The Morgan fingerprint density at radius 3 is 2.92 bits per heavy atom. The molecule has 1 aromatic carbocycles. The maximum absolute atomic E-state index is 12.3. The summed E-state index contributed by atoms with van der Waals surface area (Å²) >= 11 is 3.43. The third-order valence-electron chi connectivity index (χ3n) is 4.45. The Balaban J connectivity index is 2.03. The van der Waals surface area contributed by atoms with Gasteiger partial charge in [-0.3, -0.25) is 9.78 Å². The van der Waals surface area contributed by atoms with Gasteiger partial charge in [0.25, 0.3) is 0 Å². The summed E-state index contributed by atoms with van der Waals surface area (Å²) < 4.78 is 5.43. The minimum absolute atomic E-state index is 0.0803. The minimum atomic E-state index is 0.0803. The average Bonchev–Trinajstić information content (AvgIpc) is 2.63. The second kappa shape index (κ2) is 7.95. The minimum Gasteiger partial charge on any atom is -0.494 e. The molecule has 0 N–H and O–H groups in total. The van der Waals surface area contributed by atoms with E-state index < -0.39 is 0 Å². The number of nitrogens with zero attached hydrogens (tertiary/aromatic N) is 3. The van der Waals surface area contributed by atoms with Crippen molar-refractivity contribution in [2.75, 3.05) is 19.0 Å². The molecule has 6 heteroatoms. The third kappa shape index (κ3) is 3.68. The Kier molecular flexibility index (Phi) is 5.68. The highest BCUT2D eigenvalue weighted by Gasteiger charge is 2.28. The summed E-state index contributed by atoms with van der Waals surface area (Å²) in [6, 6.07) is 7.88. The van der Waals surface area contributed by atoms with E-state index >= 15 is 0 Å². The van der Waals surface area contributed by atoms with Crippen LogP contribution in [0.15, 0.2) is 35.6 Å². The molecule has 1 unspecified atom stereocenters. The highest BCUT2D eigenvalue weighted by atomic mass is 79.9. The van der Waals surface area contributed by atoms with Crippen LogP contribution in [0.5, 0.6) is 5.75 Å². The van der Waals surface area contributed by atoms with Crippen molar-refractivity contribution in [3.63, 3.8) is 0 Å². The van der Waals surface area contributed by atoms with Gasteiger partial charge in [0.1, 0.15) is 11.3 Å². The number of hydrogen-bond donors (Lipinski definition) is 0. The number of halogens is 1. The molecule has 0 saturated carbocycles. The van der Waals surface area contributed by atoms with Crippen molar-refractivity contribution in [1.29, 1.82) is 0 Å². The summed E-state index contributed by atoms with van der Waals surface area (Å²) in [5.74, 6) is 0.923. The van der Waals surface area contributed by atoms with Gasteiger partial charge in [-0.05, 0) is 31.0 Å². The first kappa shape index (κ1) is 17.9. The predicted octanol–water partition coefficient (Wildman–Crippen LogP) is 3.99. The van der Waals surface area contributed by atoms with E-state index in [9.17, 15) is 4.79 Å². The zero-order valence-corrected chi connectivity index (χ0v) is 16.1. The number of fused-ring (bicyclic) bond motifs is 1. The lowest BCUT2D eigenvalue weighted by molar-refractivity contribution is -0.132. The highest BCUT2D eigenvalue weighted by Crippen LogP contribution is 2.30. The lowest BCUT2D eigenvalue weighted by Crippen LogP contribution is -2.37. The number of rotatable bonds is 6. The zero-order valence-electron chi connectivity index (χ0n) is 14.5. The average molecular weight is 404 g/mol. The van der Waals surface area contributed by atoms with Crippen molar-refractivity contribution in [2.45, 2.75) is 26.2 Å². The first-order valence-electron chi connectivity index (χ1n) is 8.52. The fourth-order valence-electron chi connectivity index (χ4n) is 3.13. The molecule has 1 aromatic heterocycles. The van der Waals surface area contributed by atoms with Crippen molar-refractivity contribution < 1.29 is 9.53 Å². The lowest BCUT2D eigenvalue weighted by Gasteiger charge is -2.28. The van der Waals surface area contributed by atoms with Gasteiger partial charge >= 0.3 is 0 Å². The molecule has 0 aliphatic carbocycles. The maximum atomic E-state index is 12.3. The van der Waals surface area contributed by atoms with Gasteiger partial charge in [0.15, 0.2) is 0 Å². The molecule has 0 bridgehead atoms. The van der Waals surface area contributed by atoms with Gasteiger partial charge in [-0.2, -0.15) is 5.10 Å². The van der Waals surface area contributed by atoms with Gasteiger partial charge in [-0.1, -0.05) is 28.9 Å². The molecule has 1 aliphatic rings. The number of benzene rings is 1. The molecular weight excluding hydrogens is 382 g/mol. The molecule has 1 atom stereocenters. The van der Waals surface area contributed by atoms with E-state index in [4.69, 9.17) is 9.84 Å². The Morgan fingerprint density at radius 2 is 2.16 bits per heavy atom. The van der Waals surface area contributed by atoms with Crippen LogP contribution in [0.3, 0.4) is 0 Å². The van der Waals surface area contributed by atoms with Gasteiger partial charge in [-0.15, -0.1) is 0 Å². The van der Waals surface area contributed by atoms with Gasteiger partial charge in [0.2, 0.25) is 5.91 Å². The van der Waals surface area contributed by atoms with Crippen molar-refractivity contribution in [3.05, 3.63) is 36.0 Å². The summed E-state index contributed by atoms with van der Waals surface area (Å²) in [6.07, 6.45) is 4.21. The molecule has 2 heterocycles. The van der Waals surface area contributed by atoms with Gasteiger partial charge < -0.3 is 4.74 Å². The Labute approximate surface area is 156 Å². The maximum Gasteiger partial charge on any atom is 0.243 e. The first-order valence-corrected chi connectivity index (χ1v) is 9.64. The van der Waals surface area contributed by atoms with Crippen molar-refractivity contribution in [3.8, 4) is 5.75 Å². The van der Waals surface area contributed by atoms with E-state index in [2.05, 4.69) is 27.8 Å². The molecule has 1 aliphatic heterocycles. The van der Waals surface area contributed by atoms with Crippen LogP contribution in [0.1, 0.15) is 31.7 Å². The number of methoxy groups -OCH3 is 1. The Bertz CT molecular complexity index is 806. The highest BCUT2D eigenvalue weighted by molar-refractivity contribution is 9.09. The van der Waals surface area contributed by atoms with Crippen LogP contribution >= 0.6 is 15.9 Å². The number of aromatic nitrogens is 1. The molecule has 5 nitrogen and oxygen atoms in total. The molecular formula is C19H22BrN3O2. The molecule has 0 radical (unpaired) electrons. The van der Waals surface area contributed by atoms with Gasteiger partial charge in [-0.25, -0.2) is 5.01 Å². The molecule has 132 valence electrons. The largest absolute Gasteiger partial charge is 0.494 e. The molecule has 0 fully saturated rings. The van der Waals surface area contributed by atoms with E-state index in [1.165, 1.54) is 0 Å². The molecule has 3 rings (SSSR count). The first-order chi connectivity index (χ1) is 12.2. The van der Waals surface area contributed by atoms with E-state index in [0.717, 1.165) is 46.1 Å². The predicted molar refractivity (Wildman–Crippen MR) is 103 cm³/mol. The Hall–Kier alpha value is -1.95. The van der Waals surface area contributed by atoms with Crippen LogP contribution in [-0.2, 0) is 4.79 Å². The number of pyridine rings is 1. The number of hydrogen-bond acceptors (Lipinski definition) is 4. The van der Waals surface area contributed by atoms with E-state index in [1.54, 1.807) is 18.3 Å². The lowest BCUT2D eigenvalue weighted by atomic mass is 9.91. The quantitative estimate of drug-likeness (QED) is 0.541. The fourth-order valence-corrected chi connectivity index (χ4v) is 3.53. The van der Waals surface area contributed by atoms with Crippen LogP contribution in [0.25, 0.3) is 10.9 Å². The normalized spacial score (nSPS) is 17.7. The number of carbonyl (C=O) groups excluding carboxylic acids is 1. The number of amides is 1. The van der Waals surface area contributed by atoms with Gasteiger partial charge in [0.05, 0.1) is 12.8 Å². The van der Waals surface area contributed by atoms with Crippen LogP contribution in [-0.4, -0.2) is 40.6 Å². The molecule has 25 heavy (non-hydrogen) atoms. The fraction of sp³-hybridized carbons (Fsp3) is 0.421. The summed E-state index contributed by atoms with van der Waals surface area (Å²) in [5.41, 5.74) is 2.79. The number of carbonyl (C=O) groups is 1. The standard InChI is InChI=1S/C19H22BrN3O2/c1-13-12-17(24)23(11-4-3-9-20)22-18(13)15-7-8-16(25-2)19-14(15)6-5-10-21-19/h5-8,10,13H,3-4,9,11-12H2,1-2H3. The summed E-state index contributed by atoms with van der Waals surface area (Å²) in [4.78, 5) is 16.8. The second-order valence-electron chi connectivity index (χ2n) is 6.22. The second-order valence-corrected chi connectivity index (χ2v) is 7.01. The third-order valence-corrected chi connectivity index (χ3v) is 5.01. The molecule has 0 spiro atoms. The van der Waals surface area contributed by atoms with E-state index in [-0.39, 0.29) is 11.8 Å². The van der Waals surface area contributed by atoms with E-state index in [1.807, 2.05) is 24.3 Å². The molecule has 2 aromatic rings. The topological polar surface area (TPSA) is 54.8 Å². The number of hydrazone groups is 1. The Morgan fingerprint density at radius 1 is 1.32 bits per heavy atom. The van der Waals surface area contributed by atoms with E-state index in [0.29, 0.717) is 13.0 Å². The zero-order chi connectivity index (χ0) is 17.8. The van der Waals surface area contributed by atoms with Crippen LogP contribution in [0.4, 0.5) is 0 Å². The summed E-state index contributed by atoms with van der Waals surface area (Å²) in [5, 5.41) is 8.28. The molecule has 1 amide bonds. The van der Waals surface area contributed by atoms with Crippen LogP contribution in [0, 0.1) is 5.92 Å². The molecule has 0 saturated heterocycles. The van der Waals surface area contributed by atoms with Crippen LogP contribution < -0.4 is 4.74 Å². The number of ether oxygens (including phenoxy) is 1. The van der Waals surface area contributed by atoms with Gasteiger partial charge in [0, 0.05) is 41.4 Å². The SMILES string of the molecule is COc1ccc(C2=NN(CCCCBr)C(=O)CC2C)c2cccnc12. The summed E-state index contributed by atoms with van der Waals surface area (Å²) in [6.45, 7) is 2.71. The van der Waals surface area contributed by atoms with Crippen molar-refractivity contribution in [2.24, 2.45) is 11.0 Å². The van der Waals surface area contributed by atoms with Crippen molar-refractivity contribution >= 4 is 38.5 Å².